The van der Waals surface area contributed by atoms with Crippen molar-refractivity contribution in [1.29, 1.82) is 0 Å². The molecule has 0 saturated carbocycles. The van der Waals surface area contributed by atoms with Crippen molar-refractivity contribution in [2.45, 2.75) is 19.8 Å². The molecule has 2 aromatic carbocycles. The van der Waals surface area contributed by atoms with Crippen LogP contribution in [0.15, 0.2) is 42.5 Å². The number of halogens is 1. The molecular weight excluding hydrogens is 361 g/mol. The first-order valence-corrected chi connectivity index (χ1v) is 9.13. The number of aryl methyl sites for hydroxylation is 1. The van der Waals surface area contributed by atoms with Crippen LogP contribution in [0.1, 0.15) is 27.9 Å². The van der Waals surface area contributed by atoms with Gasteiger partial charge in [-0.2, -0.15) is 0 Å². The molecule has 1 aliphatic rings. The van der Waals surface area contributed by atoms with Crippen molar-refractivity contribution >= 4 is 23.4 Å². The number of anilines is 1. The van der Waals surface area contributed by atoms with Gasteiger partial charge >= 0.3 is 0 Å². The molecular formula is C21H22FN3O3. The highest BCUT2D eigenvalue weighted by Crippen LogP contribution is 2.19. The van der Waals surface area contributed by atoms with Gasteiger partial charge in [-0.3, -0.25) is 14.4 Å². The Kier molecular flexibility index (Phi) is 6.03. The summed E-state index contributed by atoms with van der Waals surface area (Å²) in [7, 11) is 0. The van der Waals surface area contributed by atoms with Gasteiger partial charge in [0.05, 0.1) is 13.0 Å². The highest BCUT2D eigenvalue weighted by Gasteiger charge is 2.21. The minimum Gasteiger partial charge on any atom is -0.354 e. The summed E-state index contributed by atoms with van der Waals surface area (Å²) in [5.74, 6) is -1.03. The predicted octanol–water partition coefficient (Wildman–Crippen LogP) is 2.28. The van der Waals surface area contributed by atoms with E-state index in [1.165, 1.54) is 17.0 Å². The van der Waals surface area contributed by atoms with Crippen LogP contribution in [0.3, 0.4) is 0 Å². The van der Waals surface area contributed by atoms with Gasteiger partial charge in [0.25, 0.3) is 5.91 Å². The number of carbonyl (C=O) groups is 3. The molecule has 2 N–H and O–H groups in total. The molecule has 0 aliphatic carbocycles. The van der Waals surface area contributed by atoms with Gasteiger partial charge in [0.2, 0.25) is 11.8 Å². The molecule has 0 bridgehead atoms. The molecule has 0 atom stereocenters. The molecule has 146 valence electrons. The van der Waals surface area contributed by atoms with Crippen LogP contribution >= 0.6 is 0 Å². The normalized spacial score (nSPS) is 14.2. The summed E-state index contributed by atoms with van der Waals surface area (Å²) >= 11 is 0. The highest BCUT2D eigenvalue weighted by atomic mass is 19.1. The van der Waals surface area contributed by atoms with Crippen molar-refractivity contribution in [3.05, 3.63) is 65.0 Å². The molecule has 1 aliphatic heterocycles. The maximum atomic E-state index is 13.0. The van der Waals surface area contributed by atoms with Crippen LogP contribution in [0.2, 0.25) is 0 Å². The van der Waals surface area contributed by atoms with Crippen molar-refractivity contribution in [3.8, 4) is 0 Å². The zero-order chi connectivity index (χ0) is 20.1. The lowest BCUT2D eigenvalue weighted by Crippen LogP contribution is -2.37. The number of hydrogen-bond donors (Lipinski definition) is 2. The third kappa shape index (κ3) is 4.94. The monoisotopic (exact) mass is 383 g/mol. The molecule has 1 fully saturated rings. The fraction of sp³-hybridized carbons (Fsp3) is 0.286. The SMILES string of the molecule is Cc1ccc(C(=O)N2CCCNC(=O)C2)cc1NC(=O)Cc1ccc(F)cc1. The van der Waals surface area contributed by atoms with E-state index in [2.05, 4.69) is 10.6 Å². The van der Waals surface area contributed by atoms with Gasteiger partial charge in [0, 0.05) is 24.3 Å². The highest BCUT2D eigenvalue weighted by molar-refractivity contribution is 5.99. The van der Waals surface area contributed by atoms with Gasteiger partial charge in [-0.05, 0) is 48.7 Å². The molecule has 0 unspecified atom stereocenters. The Hall–Kier alpha value is -3.22. The third-order valence-electron chi connectivity index (χ3n) is 4.59. The van der Waals surface area contributed by atoms with Crippen LogP contribution in [0.5, 0.6) is 0 Å². The zero-order valence-corrected chi connectivity index (χ0v) is 15.6. The predicted molar refractivity (Wildman–Crippen MR) is 103 cm³/mol. The first-order chi connectivity index (χ1) is 13.4. The Morgan fingerprint density at radius 1 is 1.18 bits per heavy atom. The summed E-state index contributed by atoms with van der Waals surface area (Å²) in [6.45, 7) is 2.92. The minimum absolute atomic E-state index is 0.0268. The third-order valence-corrected chi connectivity index (χ3v) is 4.59. The van der Waals surface area contributed by atoms with Crippen LogP contribution < -0.4 is 10.6 Å². The summed E-state index contributed by atoms with van der Waals surface area (Å²) in [4.78, 5) is 38.3. The number of amides is 3. The number of nitrogens with one attached hydrogen (secondary N) is 2. The maximum Gasteiger partial charge on any atom is 0.254 e. The summed E-state index contributed by atoms with van der Waals surface area (Å²) < 4.78 is 13.0. The Morgan fingerprint density at radius 3 is 2.68 bits per heavy atom. The average Bonchev–Trinajstić information content (AvgIpc) is 2.89. The Labute approximate surface area is 162 Å². The number of carbonyl (C=O) groups excluding carboxylic acids is 3. The van der Waals surface area contributed by atoms with Gasteiger partial charge < -0.3 is 15.5 Å². The molecule has 28 heavy (non-hydrogen) atoms. The summed E-state index contributed by atoms with van der Waals surface area (Å²) in [6, 6.07) is 10.8. The van der Waals surface area contributed by atoms with Crippen LogP contribution in [-0.4, -0.2) is 42.3 Å². The molecule has 1 heterocycles. The van der Waals surface area contributed by atoms with Gasteiger partial charge in [-0.1, -0.05) is 18.2 Å². The van der Waals surface area contributed by atoms with E-state index in [1.54, 1.807) is 30.3 Å². The van der Waals surface area contributed by atoms with Crippen LogP contribution in [-0.2, 0) is 16.0 Å². The summed E-state index contributed by atoms with van der Waals surface area (Å²) in [6.07, 6.45) is 0.800. The fourth-order valence-electron chi connectivity index (χ4n) is 3.03. The van der Waals surface area contributed by atoms with Crippen molar-refractivity contribution in [2.75, 3.05) is 25.0 Å². The molecule has 1 saturated heterocycles. The molecule has 2 aromatic rings. The number of hydrogen-bond acceptors (Lipinski definition) is 3. The first kappa shape index (κ1) is 19.5. The van der Waals surface area contributed by atoms with Crippen molar-refractivity contribution in [3.63, 3.8) is 0 Å². The van der Waals surface area contributed by atoms with E-state index in [0.717, 1.165) is 5.56 Å². The molecule has 3 amide bonds. The van der Waals surface area contributed by atoms with Crippen molar-refractivity contribution in [1.82, 2.24) is 10.2 Å². The van der Waals surface area contributed by atoms with Crippen molar-refractivity contribution < 1.29 is 18.8 Å². The van der Waals surface area contributed by atoms with Gasteiger partial charge in [0.1, 0.15) is 5.82 Å². The van der Waals surface area contributed by atoms with E-state index in [4.69, 9.17) is 0 Å². The lowest BCUT2D eigenvalue weighted by Gasteiger charge is -2.20. The number of benzene rings is 2. The number of nitrogens with zero attached hydrogens (tertiary/aromatic N) is 1. The van der Waals surface area contributed by atoms with Crippen LogP contribution in [0.25, 0.3) is 0 Å². The van der Waals surface area contributed by atoms with Crippen molar-refractivity contribution in [2.24, 2.45) is 0 Å². The second-order valence-corrected chi connectivity index (χ2v) is 6.81. The second kappa shape index (κ2) is 8.65. The Morgan fingerprint density at radius 2 is 1.93 bits per heavy atom. The van der Waals surface area contributed by atoms with Gasteiger partial charge in [0.15, 0.2) is 0 Å². The van der Waals surface area contributed by atoms with Crippen LogP contribution in [0, 0.1) is 12.7 Å². The summed E-state index contributed by atoms with van der Waals surface area (Å²) in [5, 5.41) is 5.55. The van der Waals surface area contributed by atoms with Crippen LogP contribution in [0.4, 0.5) is 10.1 Å². The molecule has 0 aromatic heterocycles. The topological polar surface area (TPSA) is 78.5 Å². The van der Waals surface area contributed by atoms with E-state index >= 15 is 0 Å². The largest absolute Gasteiger partial charge is 0.354 e. The van der Waals surface area contributed by atoms with Gasteiger partial charge in [-0.25, -0.2) is 4.39 Å². The zero-order valence-electron chi connectivity index (χ0n) is 15.6. The standard InChI is InChI=1S/C21H22FN3O3/c1-14-3-6-16(21(28)25-10-2-9-23-20(27)13-25)12-18(14)24-19(26)11-15-4-7-17(22)8-5-15/h3-8,12H,2,9-11,13H2,1H3,(H,23,27)(H,24,26). The van der Waals surface area contributed by atoms with E-state index in [1.807, 2.05) is 6.92 Å². The quantitative estimate of drug-likeness (QED) is 0.850. The molecule has 7 heteroatoms. The first-order valence-electron chi connectivity index (χ1n) is 9.13. The Bertz CT molecular complexity index is 896. The fourth-order valence-corrected chi connectivity index (χ4v) is 3.03. The molecule has 0 spiro atoms. The average molecular weight is 383 g/mol. The molecule has 3 rings (SSSR count). The lowest BCUT2D eigenvalue weighted by molar-refractivity contribution is -0.121. The smallest absolute Gasteiger partial charge is 0.254 e. The molecule has 0 radical (unpaired) electrons. The van der Waals surface area contributed by atoms with Gasteiger partial charge in [-0.15, -0.1) is 0 Å². The van der Waals surface area contributed by atoms with E-state index in [0.29, 0.717) is 36.3 Å². The molecule has 6 nitrogen and oxygen atoms in total. The second-order valence-electron chi connectivity index (χ2n) is 6.81. The van der Waals surface area contributed by atoms with E-state index in [-0.39, 0.29) is 36.5 Å². The Balaban J connectivity index is 1.71. The van der Waals surface area contributed by atoms with E-state index < -0.39 is 0 Å². The van der Waals surface area contributed by atoms with E-state index in [9.17, 15) is 18.8 Å². The lowest BCUT2D eigenvalue weighted by atomic mass is 10.1. The maximum absolute atomic E-state index is 13.0. The summed E-state index contributed by atoms with van der Waals surface area (Å²) in [5.41, 5.74) is 2.46. The minimum atomic E-state index is -0.353. The number of rotatable bonds is 4.